The maximum atomic E-state index is 5.61. The Morgan fingerprint density at radius 2 is 2.29 bits per heavy atom. The van der Waals surface area contributed by atoms with Crippen LogP contribution in [0.15, 0.2) is 4.42 Å². The summed E-state index contributed by atoms with van der Waals surface area (Å²) in [5.41, 5.74) is 5.39. The number of nitrogens with zero attached hydrogens (tertiary/aromatic N) is 2. The molecular weight excluding hydrogens is 182 g/mol. The Bertz CT molecular complexity index is 300. The molecule has 1 aliphatic heterocycles. The first-order valence-corrected chi connectivity index (χ1v) is 4.97. The van der Waals surface area contributed by atoms with Gasteiger partial charge in [0.15, 0.2) is 0 Å². The van der Waals surface area contributed by atoms with E-state index in [-0.39, 0.29) is 6.10 Å². The lowest BCUT2D eigenvalue weighted by Gasteiger charge is -2.04. The molecule has 2 unspecified atom stereocenters. The van der Waals surface area contributed by atoms with Crippen LogP contribution in [-0.2, 0) is 11.2 Å². The van der Waals surface area contributed by atoms with Gasteiger partial charge in [0.05, 0.1) is 6.10 Å². The van der Waals surface area contributed by atoms with Crippen LogP contribution in [0.5, 0.6) is 0 Å². The highest BCUT2D eigenvalue weighted by Crippen LogP contribution is 2.31. The number of ether oxygens (including phenoxy) is 1. The third kappa shape index (κ3) is 1.93. The molecule has 2 heterocycles. The van der Waals surface area contributed by atoms with Crippen LogP contribution in [0.3, 0.4) is 0 Å². The van der Waals surface area contributed by atoms with Gasteiger partial charge in [-0.25, -0.2) is 0 Å². The van der Waals surface area contributed by atoms with Gasteiger partial charge in [-0.05, 0) is 19.8 Å². The Labute approximate surface area is 82.6 Å². The fraction of sp³-hybridized carbons (Fsp3) is 0.778. The summed E-state index contributed by atoms with van der Waals surface area (Å²) in [5.74, 6) is 1.20. The van der Waals surface area contributed by atoms with Gasteiger partial charge < -0.3 is 14.9 Å². The van der Waals surface area contributed by atoms with Crippen molar-refractivity contribution in [3.05, 3.63) is 11.8 Å². The van der Waals surface area contributed by atoms with E-state index in [4.69, 9.17) is 14.9 Å². The summed E-state index contributed by atoms with van der Waals surface area (Å²) in [5, 5.41) is 7.85. The standard InChI is InChI=1S/C9H15N3O2/c1-6-2-3-7(13-6)9-12-11-8(14-9)4-5-10/h6-7H,2-5,10H2,1H3. The van der Waals surface area contributed by atoms with Crippen LogP contribution in [0.25, 0.3) is 0 Å². The van der Waals surface area contributed by atoms with Crippen molar-refractivity contribution in [1.29, 1.82) is 0 Å². The smallest absolute Gasteiger partial charge is 0.245 e. The van der Waals surface area contributed by atoms with Crippen LogP contribution in [0.1, 0.15) is 37.7 Å². The first-order chi connectivity index (χ1) is 6.79. The molecule has 1 fully saturated rings. The first kappa shape index (κ1) is 9.61. The highest BCUT2D eigenvalue weighted by Gasteiger charge is 2.27. The molecule has 0 bridgehead atoms. The van der Waals surface area contributed by atoms with Gasteiger partial charge >= 0.3 is 0 Å². The summed E-state index contributed by atoms with van der Waals surface area (Å²) >= 11 is 0. The molecule has 1 aliphatic rings. The van der Waals surface area contributed by atoms with E-state index in [1.165, 1.54) is 0 Å². The molecule has 1 aromatic rings. The van der Waals surface area contributed by atoms with Crippen LogP contribution >= 0.6 is 0 Å². The molecule has 78 valence electrons. The van der Waals surface area contributed by atoms with Crippen LogP contribution in [-0.4, -0.2) is 22.8 Å². The Morgan fingerprint density at radius 3 is 2.93 bits per heavy atom. The van der Waals surface area contributed by atoms with Gasteiger partial charge in [0.1, 0.15) is 6.10 Å². The monoisotopic (exact) mass is 197 g/mol. The maximum absolute atomic E-state index is 5.61. The lowest BCUT2D eigenvalue weighted by molar-refractivity contribution is 0.0384. The molecule has 14 heavy (non-hydrogen) atoms. The van der Waals surface area contributed by atoms with Crippen LogP contribution in [0.2, 0.25) is 0 Å². The largest absolute Gasteiger partial charge is 0.422 e. The summed E-state index contributed by atoms with van der Waals surface area (Å²) < 4.78 is 11.0. The summed E-state index contributed by atoms with van der Waals surface area (Å²) in [7, 11) is 0. The third-order valence-corrected chi connectivity index (χ3v) is 2.35. The van der Waals surface area contributed by atoms with Crippen molar-refractivity contribution >= 4 is 0 Å². The molecule has 0 aromatic carbocycles. The SMILES string of the molecule is CC1CCC(c2nnc(CCN)o2)O1. The van der Waals surface area contributed by atoms with Gasteiger partial charge in [0.2, 0.25) is 11.8 Å². The second-order valence-electron chi connectivity index (χ2n) is 3.59. The van der Waals surface area contributed by atoms with E-state index in [0.717, 1.165) is 12.8 Å². The molecule has 0 aliphatic carbocycles. The molecule has 2 N–H and O–H groups in total. The summed E-state index contributed by atoms with van der Waals surface area (Å²) in [6.45, 7) is 2.58. The molecular formula is C9H15N3O2. The van der Waals surface area contributed by atoms with Gasteiger partial charge in [-0.1, -0.05) is 0 Å². The van der Waals surface area contributed by atoms with Gasteiger partial charge in [-0.15, -0.1) is 10.2 Å². The van der Waals surface area contributed by atoms with Crippen LogP contribution in [0, 0.1) is 0 Å². The van der Waals surface area contributed by atoms with E-state index in [0.29, 0.717) is 30.9 Å². The van der Waals surface area contributed by atoms with Gasteiger partial charge in [0.25, 0.3) is 0 Å². The topological polar surface area (TPSA) is 74.2 Å². The van der Waals surface area contributed by atoms with E-state index in [9.17, 15) is 0 Å². The van der Waals surface area contributed by atoms with E-state index in [2.05, 4.69) is 17.1 Å². The molecule has 1 saturated heterocycles. The van der Waals surface area contributed by atoms with Crippen molar-refractivity contribution in [3.63, 3.8) is 0 Å². The molecule has 5 heteroatoms. The minimum atomic E-state index is -0.0102. The lowest BCUT2D eigenvalue weighted by atomic mass is 10.2. The summed E-state index contributed by atoms with van der Waals surface area (Å²) in [4.78, 5) is 0. The normalized spacial score (nSPS) is 27.0. The Morgan fingerprint density at radius 1 is 1.43 bits per heavy atom. The molecule has 0 saturated carbocycles. The fourth-order valence-corrected chi connectivity index (χ4v) is 1.61. The zero-order chi connectivity index (χ0) is 9.97. The number of hydrogen-bond donors (Lipinski definition) is 1. The maximum Gasteiger partial charge on any atom is 0.245 e. The Hall–Kier alpha value is -0.940. The summed E-state index contributed by atoms with van der Waals surface area (Å²) in [6, 6.07) is 0. The average molecular weight is 197 g/mol. The van der Waals surface area contributed by atoms with Crippen molar-refractivity contribution in [2.75, 3.05) is 6.54 Å². The second kappa shape index (κ2) is 4.06. The van der Waals surface area contributed by atoms with Crippen LogP contribution in [0.4, 0.5) is 0 Å². The zero-order valence-corrected chi connectivity index (χ0v) is 8.27. The van der Waals surface area contributed by atoms with Gasteiger partial charge in [0, 0.05) is 13.0 Å². The van der Waals surface area contributed by atoms with E-state index in [1.807, 2.05) is 0 Å². The van der Waals surface area contributed by atoms with E-state index < -0.39 is 0 Å². The van der Waals surface area contributed by atoms with Gasteiger partial charge in [-0.2, -0.15) is 0 Å². The van der Waals surface area contributed by atoms with Crippen molar-refractivity contribution in [2.24, 2.45) is 5.73 Å². The highest BCUT2D eigenvalue weighted by molar-refractivity contribution is 4.90. The minimum Gasteiger partial charge on any atom is -0.422 e. The van der Waals surface area contributed by atoms with Crippen molar-refractivity contribution in [2.45, 2.75) is 38.4 Å². The average Bonchev–Trinajstić information content (AvgIpc) is 2.74. The lowest BCUT2D eigenvalue weighted by Crippen LogP contribution is -2.02. The molecule has 0 amide bonds. The Kier molecular flexibility index (Phi) is 2.79. The fourth-order valence-electron chi connectivity index (χ4n) is 1.61. The predicted molar refractivity (Wildman–Crippen MR) is 49.6 cm³/mol. The molecule has 2 atom stereocenters. The number of nitrogens with two attached hydrogens (primary N) is 1. The number of hydrogen-bond acceptors (Lipinski definition) is 5. The molecule has 1 aromatic heterocycles. The predicted octanol–water partition coefficient (Wildman–Crippen LogP) is 0.811. The second-order valence-corrected chi connectivity index (χ2v) is 3.59. The highest BCUT2D eigenvalue weighted by atomic mass is 16.5. The number of rotatable bonds is 3. The van der Waals surface area contributed by atoms with E-state index in [1.54, 1.807) is 0 Å². The Balaban J connectivity index is 2.02. The van der Waals surface area contributed by atoms with Crippen molar-refractivity contribution in [3.8, 4) is 0 Å². The quantitative estimate of drug-likeness (QED) is 0.776. The number of aromatic nitrogens is 2. The van der Waals surface area contributed by atoms with E-state index >= 15 is 0 Å². The van der Waals surface area contributed by atoms with Crippen LogP contribution < -0.4 is 5.73 Å². The third-order valence-electron chi connectivity index (χ3n) is 2.35. The summed E-state index contributed by atoms with van der Waals surface area (Å²) in [6.07, 6.45) is 2.94. The molecule has 0 spiro atoms. The minimum absolute atomic E-state index is 0.0102. The molecule has 2 rings (SSSR count). The van der Waals surface area contributed by atoms with Gasteiger partial charge in [-0.3, -0.25) is 0 Å². The zero-order valence-electron chi connectivity index (χ0n) is 8.27. The van der Waals surface area contributed by atoms with Crippen molar-refractivity contribution < 1.29 is 9.15 Å². The molecule has 5 nitrogen and oxygen atoms in total. The molecule has 0 radical (unpaired) electrons. The first-order valence-electron chi connectivity index (χ1n) is 4.97. The van der Waals surface area contributed by atoms with Crippen molar-refractivity contribution in [1.82, 2.24) is 10.2 Å².